The van der Waals surface area contributed by atoms with E-state index in [1.54, 1.807) is 12.4 Å². The number of anilines is 5. The van der Waals surface area contributed by atoms with Gasteiger partial charge in [0.25, 0.3) is 0 Å². The number of hydrogen-bond donors (Lipinski definition) is 3. The molecule has 0 aromatic carbocycles. The third-order valence-corrected chi connectivity index (χ3v) is 5.46. The molecule has 3 aromatic heterocycles. The van der Waals surface area contributed by atoms with E-state index in [1.807, 2.05) is 24.4 Å². The van der Waals surface area contributed by atoms with Crippen molar-refractivity contribution in [3.63, 3.8) is 0 Å². The first-order valence-electron chi connectivity index (χ1n) is 10.7. The molecule has 0 spiro atoms. The highest BCUT2D eigenvalue weighted by atomic mass is 16.5. The summed E-state index contributed by atoms with van der Waals surface area (Å²) in [6.45, 7) is 6.75. The van der Waals surface area contributed by atoms with E-state index < -0.39 is 0 Å². The van der Waals surface area contributed by atoms with Crippen molar-refractivity contribution in [2.45, 2.75) is 0 Å². The molecule has 0 amide bonds. The highest BCUT2D eigenvalue weighted by Crippen LogP contribution is 2.25. The minimum atomic E-state index is 0.227. The molecule has 0 radical (unpaired) electrons. The molecule has 2 aliphatic rings. The number of hydrogen-bond acceptors (Lipinski definition) is 11. The minimum Gasteiger partial charge on any atom is -0.378 e. The summed E-state index contributed by atoms with van der Waals surface area (Å²) in [4.78, 5) is 26.7. The zero-order valence-corrected chi connectivity index (χ0v) is 17.7. The van der Waals surface area contributed by atoms with Gasteiger partial charge in [0.2, 0.25) is 11.9 Å². The molecule has 32 heavy (non-hydrogen) atoms. The second-order valence-electron chi connectivity index (χ2n) is 7.63. The summed E-state index contributed by atoms with van der Waals surface area (Å²) in [6.07, 6.45) is 5.15. The van der Waals surface area contributed by atoms with Crippen LogP contribution in [0.1, 0.15) is 0 Å². The van der Waals surface area contributed by atoms with Crippen molar-refractivity contribution >= 4 is 29.2 Å². The molecule has 3 aromatic rings. The Morgan fingerprint density at radius 2 is 1.62 bits per heavy atom. The molecule has 11 nitrogen and oxygen atoms in total. The fourth-order valence-corrected chi connectivity index (χ4v) is 3.73. The molecule has 0 unspecified atom stereocenters. The molecule has 11 heteroatoms. The molecule has 0 atom stereocenters. The lowest BCUT2D eigenvalue weighted by atomic mass is 10.2. The molecule has 2 saturated heterocycles. The predicted octanol–water partition coefficient (Wildman–Crippen LogP) is 0.901. The van der Waals surface area contributed by atoms with E-state index in [1.165, 1.54) is 0 Å². The van der Waals surface area contributed by atoms with Crippen LogP contribution < -0.4 is 26.2 Å². The van der Waals surface area contributed by atoms with E-state index in [4.69, 9.17) is 15.5 Å². The number of nitrogens with two attached hydrogens (primary N) is 1. The third kappa shape index (κ3) is 4.68. The van der Waals surface area contributed by atoms with Crippen LogP contribution in [0.3, 0.4) is 0 Å². The van der Waals surface area contributed by atoms with Gasteiger partial charge in [-0.15, -0.1) is 0 Å². The van der Waals surface area contributed by atoms with E-state index >= 15 is 0 Å². The highest BCUT2D eigenvalue weighted by Gasteiger charge is 2.17. The topological polar surface area (TPSA) is 130 Å². The van der Waals surface area contributed by atoms with E-state index in [0.29, 0.717) is 19.2 Å². The van der Waals surface area contributed by atoms with Gasteiger partial charge in [-0.05, 0) is 12.1 Å². The van der Waals surface area contributed by atoms with Crippen molar-refractivity contribution in [3.05, 3.63) is 36.8 Å². The van der Waals surface area contributed by atoms with Gasteiger partial charge in [-0.3, -0.25) is 0 Å². The Morgan fingerprint density at radius 3 is 2.34 bits per heavy atom. The second-order valence-corrected chi connectivity index (χ2v) is 7.63. The number of aromatic nitrogens is 5. The molecule has 2 aliphatic heterocycles. The number of piperazine rings is 1. The maximum Gasteiger partial charge on any atom is 0.229 e. The van der Waals surface area contributed by atoms with Gasteiger partial charge >= 0.3 is 0 Å². The Morgan fingerprint density at radius 1 is 0.875 bits per heavy atom. The lowest BCUT2D eigenvalue weighted by molar-refractivity contribution is 0.122. The van der Waals surface area contributed by atoms with Gasteiger partial charge in [-0.1, -0.05) is 0 Å². The quantitative estimate of drug-likeness (QED) is 0.529. The maximum atomic E-state index is 5.65. The zero-order chi connectivity index (χ0) is 21.8. The van der Waals surface area contributed by atoms with Gasteiger partial charge in [0.05, 0.1) is 30.8 Å². The van der Waals surface area contributed by atoms with Crippen LogP contribution in [0.5, 0.6) is 0 Å². The number of nitrogens with one attached hydrogen (secondary N) is 2. The van der Waals surface area contributed by atoms with Crippen molar-refractivity contribution in [1.82, 2.24) is 30.2 Å². The van der Waals surface area contributed by atoms with Gasteiger partial charge in [0, 0.05) is 63.3 Å². The van der Waals surface area contributed by atoms with Gasteiger partial charge in [-0.2, -0.15) is 4.98 Å². The zero-order valence-electron chi connectivity index (χ0n) is 17.7. The average molecular weight is 435 g/mol. The first kappa shape index (κ1) is 20.3. The first-order valence-corrected chi connectivity index (χ1v) is 10.7. The normalized spacial score (nSPS) is 16.8. The van der Waals surface area contributed by atoms with E-state index in [2.05, 4.69) is 40.4 Å². The Labute approximate surface area is 186 Å². The monoisotopic (exact) mass is 434 g/mol. The van der Waals surface area contributed by atoms with Crippen LogP contribution in [-0.2, 0) is 4.74 Å². The molecule has 5 heterocycles. The summed E-state index contributed by atoms with van der Waals surface area (Å²) < 4.78 is 5.49. The number of nitrogen functional groups attached to an aromatic ring is 1. The maximum absolute atomic E-state index is 5.65. The minimum absolute atomic E-state index is 0.227. The van der Waals surface area contributed by atoms with Crippen molar-refractivity contribution in [1.29, 1.82) is 0 Å². The number of ether oxygens (including phenoxy) is 1. The number of rotatable bonds is 5. The van der Waals surface area contributed by atoms with Crippen LogP contribution in [0, 0.1) is 0 Å². The average Bonchev–Trinajstić information content (AvgIpc) is 2.86. The summed E-state index contributed by atoms with van der Waals surface area (Å²) in [5.74, 6) is 2.51. The number of morpholine rings is 1. The smallest absolute Gasteiger partial charge is 0.229 e. The fraction of sp³-hybridized carbons (Fsp3) is 0.381. The Balaban J connectivity index is 1.41. The van der Waals surface area contributed by atoms with Crippen LogP contribution >= 0.6 is 0 Å². The van der Waals surface area contributed by atoms with Gasteiger partial charge in [0.1, 0.15) is 11.6 Å². The summed E-state index contributed by atoms with van der Waals surface area (Å²) in [7, 11) is 0. The summed E-state index contributed by atoms with van der Waals surface area (Å²) in [6, 6.07) is 5.96. The molecule has 2 fully saturated rings. The van der Waals surface area contributed by atoms with Crippen molar-refractivity contribution in [2.24, 2.45) is 0 Å². The Hall–Kier alpha value is -3.57. The Bertz CT molecular complexity index is 1030. The van der Waals surface area contributed by atoms with Gasteiger partial charge in [0.15, 0.2) is 0 Å². The van der Waals surface area contributed by atoms with Crippen LogP contribution in [0.25, 0.3) is 11.3 Å². The van der Waals surface area contributed by atoms with Crippen LogP contribution in [-0.4, -0.2) is 77.4 Å². The summed E-state index contributed by atoms with van der Waals surface area (Å²) in [5, 5.41) is 6.65. The van der Waals surface area contributed by atoms with Gasteiger partial charge in [-0.25, -0.2) is 19.9 Å². The van der Waals surface area contributed by atoms with Crippen molar-refractivity contribution in [2.75, 3.05) is 73.3 Å². The molecule has 0 aliphatic carbocycles. The summed E-state index contributed by atoms with van der Waals surface area (Å²) in [5.41, 5.74) is 7.95. The van der Waals surface area contributed by atoms with Crippen LogP contribution in [0.2, 0.25) is 0 Å². The first-order chi connectivity index (χ1) is 15.7. The molecule has 0 saturated carbocycles. The molecular weight excluding hydrogens is 408 g/mol. The molecule has 5 rings (SSSR count). The molecular formula is C21H26N10O. The van der Waals surface area contributed by atoms with Gasteiger partial charge < -0.3 is 30.9 Å². The summed E-state index contributed by atoms with van der Waals surface area (Å²) >= 11 is 0. The fourth-order valence-electron chi connectivity index (χ4n) is 3.73. The van der Waals surface area contributed by atoms with E-state index in [-0.39, 0.29) is 5.95 Å². The third-order valence-electron chi connectivity index (χ3n) is 5.46. The molecule has 166 valence electrons. The predicted molar refractivity (Wildman–Crippen MR) is 123 cm³/mol. The Kier molecular flexibility index (Phi) is 5.90. The van der Waals surface area contributed by atoms with Crippen LogP contribution in [0.15, 0.2) is 36.8 Å². The molecule has 4 N–H and O–H groups in total. The van der Waals surface area contributed by atoms with Crippen molar-refractivity contribution in [3.8, 4) is 11.3 Å². The molecule has 0 bridgehead atoms. The second kappa shape index (κ2) is 9.28. The standard InChI is InChI=1S/C21H26N10O/c22-20-25-12-15(13-26-20)17-11-19(31-7-9-32-10-8-31)29-21(28-17)27-16-1-2-18(24-14-16)30-5-3-23-4-6-30/h1-2,11-14,23H,3-10H2,(H2,22,25,26)(H,27,28,29). The lowest BCUT2D eigenvalue weighted by Gasteiger charge is -2.28. The van der Waals surface area contributed by atoms with Crippen LogP contribution in [0.4, 0.5) is 29.2 Å². The number of nitrogens with zero attached hydrogens (tertiary/aromatic N) is 7. The number of pyridine rings is 1. The van der Waals surface area contributed by atoms with E-state index in [9.17, 15) is 0 Å². The largest absolute Gasteiger partial charge is 0.378 e. The highest BCUT2D eigenvalue weighted by molar-refractivity contribution is 5.66. The SMILES string of the molecule is Nc1ncc(-c2cc(N3CCOCC3)nc(Nc3ccc(N4CCNCC4)nc3)n2)cn1. The van der Waals surface area contributed by atoms with Crippen molar-refractivity contribution < 1.29 is 4.74 Å². The van der Waals surface area contributed by atoms with E-state index in [0.717, 1.165) is 67.8 Å². The lowest BCUT2D eigenvalue weighted by Crippen LogP contribution is -2.43.